The van der Waals surface area contributed by atoms with Gasteiger partial charge in [-0.05, 0) is 43.7 Å². The monoisotopic (exact) mass is 367 g/mol. The number of aromatic amines is 1. The molecular formula is C20H21N3O4. The molecule has 4 rings (SSSR count). The van der Waals surface area contributed by atoms with Crippen molar-refractivity contribution >= 4 is 5.97 Å². The molecule has 3 N–H and O–H groups in total. The number of furan rings is 1. The van der Waals surface area contributed by atoms with Crippen molar-refractivity contribution in [1.82, 2.24) is 15.1 Å². The zero-order chi connectivity index (χ0) is 18.8. The van der Waals surface area contributed by atoms with Crippen LogP contribution in [0.1, 0.15) is 46.4 Å². The van der Waals surface area contributed by atoms with Gasteiger partial charge in [-0.15, -0.1) is 0 Å². The third-order valence-corrected chi connectivity index (χ3v) is 4.97. The van der Waals surface area contributed by atoms with Crippen molar-refractivity contribution < 1.29 is 19.4 Å². The number of rotatable bonds is 6. The number of hydrogen-bond acceptors (Lipinski definition) is 5. The predicted octanol–water partition coefficient (Wildman–Crippen LogP) is 3.20. The van der Waals surface area contributed by atoms with Crippen LogP contribution >= 0.6 is 0 Å². The van der Waals surface area contributed by atoms with Crippen molar-refractivity contribution in [2.24, 2.45) is 0 Å². The molecule has 1 aliphatic rings. The lowest BCUT2D eigenvalue weighted by Gasteiger charge is -2.21. The Bertz CT molecular complexity index is 946. The summed E-state index contributed by atoms with van der Waals surface area (Å²) in [7, 11) is 0. The molecule has 3 aromatic rings. The van der Waals surface area contributed by atoms with Gasteiger partial charge >= 0.3 is 5.97 Å². The quantitative estimate of drug-likeness (QED) is 0.618. The van der Waals surface area contributed by atoms with E-state index in [0.717, 1.165) is 30.8 Å². The lowest BCUT2D eigenvalue weighted by Crippen LogP contribution is -2.22. The Morgan fingerprint density at radius 1 is 1.30 bits per heavy atom. The van der Waals surface area contributed by atoms with Crippen LogP contribution in [0.4, 0.5) is 0 Å². The Morgan fingerprint density at radius 2 is 2.15 bits per heavy atom. The molecule has 7 nitrogen and oxygen atoms in total. The summed E-state index contributed by atoms with van der Waals surface area (Å²) in [6.07, 6.45) is 2.08. The third-order valence-electron chi connectivity index (χ3n) is 4.97. The van der Waals surface area contributed by atoms with Crippen molar-refractivity contribution in [2.45, 2.75) is 32.0 Å². The first kappa shape index (κ1) is 17.5. The van der Waals surface area contributed by atoms with E-state index in [1.165, 1.54) is 0 Å². The highest BCUT2D eigenvalue weighted by Crippen LogP contribution is 2.33. The lowest BCUT2D eigenvalue weighted by molar-refractivity contribution is 0.0697. The Labute approximate surface area is 156 Å². The van der Waals surface area contributed by atoms with Crippen molar-refractivity contribution in [1.29, 1.82) is 0 Å². The Hall–Kier alpha value is -2.90. The van der Waals surface area contributed by atoms with Crippen LogP contribution in [0, 0.1) is 0 Å². The summed E-state index contributed by atoms with van der Waals surface area (Å²) < 4.78 is 5.96. The highest BCUT2D eigenvalue weighted by atomic mass is 16.4. The fourth-order valence-corrected chi connectivity index (χ4v) is 3.67. The Morgan fingerprint density at radius 3 is 2.93 bits per heavy atom. The fraction of sp³-hybridized carbons (Fsp3) is 0.300. The molecule has 0 bridgehead atoms. The summed E-state index contributed by atoms with van der Waals surface area (Å²) in [6.45, 7) is 1.51. The number of likely N-dealkylation sites (tertiary alicyclic amines) is 1. The Balaban J connectivity index is 1.53. The minimum atomic E-state index is -0.971. The van der Waals surface area contributed by atoms with Crippen LogP contribution in [0.25, 0.3) is 11.3 Å². The highest BCUT2D eigenvalue weighted by Gasteiger charge is 2.29. The van der Waals surface area contributed by atoms with Crippen LogP contribution in [0.2, 0.25) is 0 Å². The first-order valence-corrected chi connectivity index (χ1v) is 8.96. The van der Waals surface area contributed by atoms with Crippen LogP contribution in [0.5, 0.6) is 0 Å². The van der Waals surface area contributed by atoms with Gasteiger partial charge in [0.2, 0.25) is 0 Å². The molecule has 0 radical (unpaired) electrons. The molecule has 0 aliphatic carbocycles. The molecule has 3 heterocycles. The summed E-state index contributed by atoms with van der Waals surface area (Å²) in [6, 6.07) is 12.6. The topological polar surface area (TPSA) is 103 Å². The number of carboxylic acids is 1. The molecule has 1 atom stereocenters. The number of aliphatic hydroxyl groups is 1. The molecule has 1 aliphatic heterocycles. The van der Waals surface area contributed by atoms with Crippen molar-refractivity contribution in [3.63, 3.8) is 0 Å². The van der Waals surface area contributed by atoms with Gasteiger partial charge in [-0.2, -0.15) is 5.10 Å². The molecule has 0 amide bonds. The second-order valence-corrected chi connectivity index (χ2v) is 6.72. The number of H-pyrrole nitrogens is 1. The van der Waals surface area contributed by atoms with Crippen molar-refractivity contribution in [2.75, 3.05) is 6.54 Å². The Kier molecular flexibility index (Phi) is 4.79. The predicted molar refractivity (Wildman–Crippen MR) is 98.0 cm³/mol. The van der Waals surface area contributed by atoms with E-state index in [-0.39, 0.29) is 18.2 Å². The van der Waals surface area contributed by atoms with Gasteiger partial charge in [-0.1, -0.05) is 18.2 Å². The van der Waals surface area contributed by atoms with E-state index in [1.54, 1.807) is 24.3 Å². The third kappa shape index (κ3) is 3.51. The summed E-state index contributed by atoms with van der Waals surface area (Å²) >= 11 is 0. The molecule has 1 aromatic carbocycles. The first-order chi connectivity index (χ1) is 13.2. The summed E-state index contributed by atoms with van der Waals surface area (Å²) in [4.78, 5) is 13.7. The number of nitrogens with zero attached hydrogens (tertiary/aromatic N) is 2. The SMILES string of the molecule is O=C(O)c1ccccc1-c1ccc(CN2CCC[C@@H]2c2cc(CO)[nH]n2)o1. The standard InChI is InChI=1S/C20H21N3O4/c24-12-13-10-17(22-21-13)18-6-3-9-23(18)11-14-7-8-19(27-14)15-4-1-2-5-16(15)20(25)26/h1-2,4-5,7-8,10,18,24H,3,6,9,11-12H2,(H,21,22)(H,25,26)/t18-/m1/s1. The van der Waals surface area contributed by atoms with E-state index < -0.39 is 5.97 Å². The zero-order valence-electron chi connectivity index (χ0n) is 14.8. The number of carboxylic acid groups (broad SMARTS) is 1. The number of benzene rings is 1. The number of nitrogens with one attached hydrogen (secondary N) is 1. The molecule has 7 heteroatoms. The van der Waals surface area contributed by atoms with E-state index >= 15 is 0 Å². The molecule has 2 aromatic heterocycles. The molecule has 0 unspecified atom stereocenters. The number of aliphatic hydroxyl groups excluding tert-OH is 1. The summed E-state index contributed by atoms with van der Waals surface area (Å²) in [5.74, 6) is 0.373. The normalized spacial score (nSPS) is 17.4. The maximum atomic E-state index is 11.4. The minimum Gasteiger partial charge on any atom is -0.478 e. The van der Waals surface area contributed by atoms with Gasteiger partial charge in [0.1, 0.15) is 11.5 Å². The van der Waals surface area contributed by atoms with E-state index in [1.807, 2.05) is 18.2 Å². The lowest BCUT2D eigenvalue weighted by atomic mass is 10.1. The van der Waals surface area contributed by atoms with Gasteiger partial charge in [0.25, 0.3) is 0 Å². The number of carbonyl (C=O) groups is 1. The van der Waals surface area contributed by atoms with Crippen LogP contribution in [-0.2, 0) is 13.2 Å². The van der Waals surface area contributed by atoms with Gasteiger partial charge in [0.15, 0.2) is 0 Å². The summed E-state index contributed by atoms with van der Waals surface area (Å²) in [5, 5.41) is 25.8. The van der Waals surface area contributed by atoms with Gasteiger partial charge < -0.3 is 14.6 Å². The maximum absolute atomic E-state index is 11.4. The molecule has 0 saturated carbocycles. The maximum Gasteiger partial charge on any atom is 0.336 e. The van der Waals surface area contributed by atoms with E-state index in [9.17, 15) is 15.0 Å². The van der Waals surface area contributed by atoms with Gasteiger partial charge in [-0.3, -0.25) is 10.00 Å². The first-order valence-electron chi connectivity index (χ1n) is 8.96. The smallest absolute Gasteiger partial charge is 0.336 e. The summed E-state index contributed by atoms with van der Waals surface area (Å²) in [5.41, 5.74) is 2.45. The van der Waals surface area contributed by atoms with Crippen molar-refractivity contribution in [3.05, 3.63) is 65.2 Å². The number of aromatic nitrogens is 2. The van der Waals surface area contributed by atoms with Gasteiger partial charge in [0.05, 0.1) is 36.1 Å². The van der Waals surface area contributed by atoms with E-state index in [0.29, 0.717) is 23.6 Å². The van der Waals surface area contributed by atoms with Gasteiger partial charge in [0, 0.05) is 5.56 Å². The zero-order valence-corrected chi connectivity index (χ0v) is 14.8. The average Bonchev–Trinajstić information content (AvgIpc) is 3.42. The molecule has 0 spiro atoms. The van der Waals surface area contributed by atoms with Gasteiger partial charge in [-0.25, -0.2) is 4.79 Å². The molecule has 27 heavy (non-hydrogen) atoms. The molecular weight excluding hydrogens is 346 g/mol. The molecule has 1 fully saturated rings. The molecule has 1 saturated heterocycles. The van der Waals surface area contributed by atoms with E-state index in [4.69, 9.17) is 4.42 Å². The van der Waals surface area contributed by atoms with Crippen LogP contribution < -0.4 is 0 Å². The minimum absolute atomic E-state index is 0.0513. The average molecular weight is 367 g/mol. The second kappa shape index (κ2) is 7.38. The fourth-order valence-electron chi connectivity index (χ4n) is 3.67. The highest BCUT2D eigenvalue weighted by molar-refractivity contribution is 5.95. The second-order valence-electron chi connectivity index (χ2n) is 6.72. The van der Waals surface area contributed by atoms with E-state index in [2.05, 4.69) is 15.1 Å². The van der Waals surface area contributed by atoms with Crippen LogP contribution in [0.15, 0.2) is 46.9 Å². The molecule has 140 valence electrons. The van der Waals surface area contributed by atoms with Crippen LogP contribution in [-0.4, -0.2) is 37.8 Å². The van der Waals surface area contributed by atoms with Crippen LogP contribution in [0.3, 0.4) is 0 Å². The largest absolute Gasteiger partial charge is 0.478 e. The van der Waals surface area contributed by atoms with Crippen molar-refractivity contribution in [3.8, 4) is 11.3 Å². The number of aromatic carboxylic acids is 1. The number of hydrogen-bond donors (Lipinski definition) is 3.